The fraction of sp³-hybridized carbons (Fsp3) is 0.931. The van der Waals surface area contributed by atoms with Crippen molar-refractivity contribution in [2.75, 3.05) is 13.2 Å². The van der Waals surface area contributed by atoms with Gasteiger partial charge < -0.3 is 9.47 Å². The minimum Gasteiger partial charge on any atom is -0.466 e. The number of esters is 2. The third-order valence-electron chi connectivity index (χ3n) is 6.28. The molecule has 0 aromatic rings. The predicted molar refractivity (Wildman–Crippen MR) is 139 cm³/mol. The van der Waals surface area contributed by atoms with Crippen LogP contribution in [-0.2, 0) is 19.1 Å². The third-order valence-corrected chi connectivity index (χ3v) is 6.28. The maximum absolute atomic E-state index is 11.8. The van der Waals surface area contributed by atoms with Crippen LogP contribution in [0, 0.1) is 0 Å². The molecule has 0 unspecified atom stereocenters. The Morgan fingerprint density at radius 3 is 1.00 bits per heavy atom. The summed E-state index contributed by atoms with van der Waals surface area (Å²) in [6.07, 6.45) is 26.2. The highest BCUT2D eigenvalue weighted by molar-refractivity contribution is 5.69. The lowest BCUT2D eigenvalue weighted by Gasteiger charge is -2.06. The zero-order valence-corrected chi connectivity index (χ0v) is 22.3. The molecule has 4 heteroatoms. The van der Waals surface area contributed by atoms with Crippen LogP contribution >= 0.6 is 0 Å². The number of hydrogen-bond donors (Lipinski definition) is 0. The van der Waals surface area contributed by atoms with E-state index in [0.717, 1.165) is 57.8 Å². The average Bonchev–Trinajstić information content (AvgIpc) is 2.81. The largest absolute Gasteiger partial charge is 0.466 e. The molecule has 196 valence electrons. The van der Waals surface area contributed by atoms with Gasteiger partial charge in [0.25, 0.3) is 0 Å². The van der Waals surface area contributed by atoms with Gasteiger partial charge in [0.2, 0.25) is 0 Å². The fourth-order valence-electron chi connectivity index (χ4n) is 4.06. The van der Waals surface area contributed by atoms with E-state index in [9.17, 15) is 9.59 Å². The van der Waals surface area contributed by atoms with Gasteiger partial charge in [0, 0.05) is 12.8 Å². The summed E-state index contributed by atoms with van der Waals surface area (Å²) in [5.41, 5.74) is 0. The van der Waals surface area contributed by atoms with Crippen molar-refractivity contribution in [1.29, 1.82) is 0 Å². The molecule has 0 amide bonds. The van der Waals surface area contributed by atoms with E-state index < -0.39 is 0 Å². The first-order valence-corrected chi connectivity index (χ1v) is 14.5. The molecule has 0 rings (SSSR count). The molecule has 0 heterocycles. The number of rotatable bonds is 26. The summed E-state index contributed by atoms with van der Waals surface area (Å²) in [6.45, 7) is 5.63. The highest BCUT2D eigenvalue weighted by Gasteiger charge is 2.04. The maximum atomic E-state index is 11.8. The minimum absolute atomic E-state index is 0.0386. The first kappa shape index (κ1) is 31.9. The highest BCUT2D eigenvalue weighted by atomic mass is 16.5. The highest BCUT2D eigenvalue weighted by Crippen LogP contribution is 2.12. The van der Waals surface area contributed by atoms with E-state index in [1.165, 1.54) is 77.0 Å². The number of hydrogen-bond acceptors (Lipinski definition) is 4. The van der Waals surface area contributed by atoms with Crippen molar-refractivity contribution in [3.63, 3.8) is 0 Å². The van der Waals surface area contributed by atoms with Crippen molar-refractivity contribution in [2.24, 2.45) is 0 Å². The van der Waals surface area contributed by atoms with Crippen LogP contribution in [0.4, 0.5) is 0 Å². The van der Waals surface area contributed by atoms with Crippen LogP contribution in [0.3, 0.4) is 0 Å². The number of carbonyl (C=O) groups is 2. The Kier molecular flexibility index (Phi) is 26.3. The molecule has 0 aromatic heterocycles. The van der Waals surface area contributed by atoms with Crippen molar-refractivity contribution in [3.05, 3.63) is 0 Å². The normalized spacial score (nSPS) is 11.0. The van der Waals surface area contributed by atoms with E-state index in [4.69, 9.17) is 9.47 Å². The minimum atomic E-state index is -0.0457. The first-order chi connectivity index (χ1) is 16.2. The van der Waals surface area contributed by atoms with E-state index in [1.807, 2.05) is 0 Å². The summed E-state index contributed by atoms with van der Waals surface area (Å²) in [7, 11) is 0. The lowest BCUT2D eigenvalue weighted by molar-refractivity contribution is -0.144. The van der Waals surface area contributed by atoms with Crippen molar-refractivity contribution in [2.45, 2.75) is 162 Å². The topological polar surface area (TPSA) is 52.6 Å². The molecule has 4 nitrogen and oxygen atoms in total. The Hall–Kier alpha value is -1.06. The average molecular weight is 469 g/mol. The third kappa shape index (κ3) is 27.1. The van der Waals surface area contributed by atoms with Crippen LogP contribution < -0.4 is 0 Å². The molecule has 0 aliphatic rings. The molecule has 0 saturated heterocycles. The van der Waals surface area contributed by atoms with Gasteiger partial charge in [0.05, 0.1) is 13.2 Å². The van der Waals surface area contributed by atoms with Gasteiger partial charge in [0.15, 0.2) is 0 Å². The molecular formula is C29H56O4. The number of carbonyl (C=O) groups excluding carboxylic acids is 2. The zero-order valence-electron chi connectivity index (χ0n) is 22.3. The molecule has 0 aromatic carbocycles. The lowest BCUT2D eigenvalue weighted by atomic mass is 10.1. The second kappa shape index (κ2) is 27.2. The summed E-state index contributed by atoms with van der Waals surface area (Å²) >= 11 is 0. The van der Waals surface area contributed by atoms with E-state index >= 15 is 0 Å². The van der Waals surface area contributed by atoms with E-state index in [0.29, 0.717) is 26.1 Å². The van der Waals surface area contributed by atoms with Crippen molar-refractivity contribution < 1.29 is 19.1 Å². The molecular weight excluding hydrogens is 412 g/mol. The van der Waals surface area contributed by atoms with Gasteiger partial charge in [-0.25, -0.2) is 0 Å². The van der Waals surface area contributed by atoms with Gasteiger partial charge >= 0.3 is 11.9 Å². The van der Waals surface area contributed by atoms with Crippen molar-refractivity contribution in [1.82, 2.24) is 0 Å². The Bertz CT molecular complexity index is 422. The van der Waals surface area contributed by atoms with Crippen LogP contribution in [0.15, 0.2) is 0 Å². The van der Waals surface area contributed by atoms with Gasteiger partial charge in [-0.2, -0.15) is 0 Å². The van der Waals surface area contributed by atoms with E-state index in [-0.39, 0.29) is 11.9 Å². The summed E-state index contributed by atoms with van der Waals surface area (Å²) in [6, 6.07) is 0. The van der Waals surface area contributed by atoms with Crippen LogP contribution in [-0.4, -0.2) is 25.2 Å². The molecule has 0 radical (unpaired) electrons. The van der Waals surface area contributed by atoms with Crippen LogP contribution in [0.2, 0.25) is 0 Å². The fourth-order valence-corrected chi connectivity index (χ4v) is 4.06. The second-order valence-electron chi connectivity index (χ2n) is 9.66. The molecule has 0 fully saturated rings. The first-order valence-electron chi connectivity index (χ1n) is 14.5. The smallest absolute Gasteiger partial charge is 0.305 e. The number of unbranched alkanes of at least 4 members (excludes halogenated alkanes) is 18. The Balaban J connectivity index is 3.24. The SMILES string of the molecule is CCCCCCCCCCCCOC(=O)CCCCCCCCC(=O)OCCCCCCC. The Labute approximate surface area is 206 Å². The molecule has 0 aliphatic heterocycles. The molecule has 0 atom stereocenters. The molecule has 0 bridgehead atoms. The zero-order chi connectivity index (χ0) is 24.2. The van der Waals surface area contributed by atoms with Crippen LogP contribution in [0.25, 0.3) is 0 Å². The summed E-state index contributed by atoms with van der Waals surface area (Å²) in [4.78, 5) is 23.5. The monoisotopic (exact) mass is 468 g/mol. The second-order valence-corrected chi connectivity index (χ2v) is 9.66. The van der Waals surface area contributed by atoms with Crippen LogP contribution in [0.1, 0.15) is 162 Å². The predicted octanol–water partition coefficient (Wildman–Crippen LogP) is 9.08. The van der Waals surface area contributed by atoms with Gasteiger partial charge in [-0.15, -0.1) is 0 Å². The number of ether oxygens (including phenoxy) is 2. The van der Waals surface area contributed by atoms with Crippen LogP contribution in [0.5, 0.6) is 0 Å². The van der Waals surface area contributed by atoms with Crippen molar-refractivity contribution in [3.8, 4) is 0 Å². The standard InChI is InChI=1S/C29H56O4/c1-3-5-7-9-10-11-12-15-19-23-27-33-29(31)25-21-17-14-13-16-20-24-28(30)32-26-22-18-8-6-4-2/h3-27H2,1-2H3. The Morgan fingerprint density at radius 1 is 0.394 bits per heavy atom. The van der Waals surface area contributed by atoms with Gasteiger partial charge in [0.1, 0.15) is 0 Å². The van der Waals surface area contributed by atoms with E-state index in [2.05, 4.69) is 13.8 Å². The van der Waals surface area contributed by atoms with E-state index in [1.54, 1.807) is 0 Å². The van der Waals surface area contributed by atoms with Crippen molar-refractivity contribution >= 4 is 11.9 Å². The molecule has 33 heavy (non-hydrogen) atoms. The molecule has 0 N–H and O–H groups in total. The summed E-state index contributed by atoms with van der Waals surface area (Å²) < 4.78 is 10.6. The van der Waals surface area contributed by atoms with Gasteiger partial charge in [-0.1, -0.05) is 123 Å². The quantitative estimate of drug-likeness (QED) is 0.0938. The maximum Gasteiger partial charge on any atom is 0.305 e. The summed E-state index contributed by atoms with van der Waals surface area (Å²) in [5, 5.41) is 0. The Morgan fingerprint density at radius 2 is 0.667 bits per heavy atom. The molecule has 0 aliphatic carbocycles. The summed E-state index contributed by atoms with van der Waals surface area (Å²) in [5.74, 6) is -0.0843. The molecule has 0 saturated carbocycles. The van der Waals surface area contributed by atoms with Gasteiger partial charge in [-0.3, -0.25) is 9.59 Å². The lowest BCUT2D eigenvalue weighted by Crippen LogP contribution is -2.06. The van der Waals surface area contributed by atoms with Gasteiger partial charge in [-0.05, 0) is 25.7 Å². The molecule has 0 spiro atoms.